The van der Waals surface area contributed by atoms with E-state index < -0.39 is 5.91 Å². The number of nitriles is 1. The third-order valence-corrected chi connectivity index (χ3v) is 7.54. The second-order valence-corrected chi connectivity index (χ2v) is 10.3. The lowest BCUT2D eigenvalue weighted by atomic mass is 10.0. The first-order valence-corrected chi connectivity index (χ1v) is 12.3. The van der Waals surface area contributed by atoms with Crippen LogP contribution in [0.15, 0.2) is 32.4 Å². The molecular formula is C20H24N4O2S3. The van der Waals surface area contributed by atoms with Gasteiger partial charge in [0.2, 0.25) is 10.3 Å². The summed E-state index contributed by atoms with van der Waals surface area (Å²) in [4.78, 5) is 16.7. The van der Waals surface area contributed by atoms with Gasteiger partial charge in [-0.15, -0.1) is 0 Å². The number of carbonyl (C=O) groups excluding carboxylic acids is 1. The Bertz CT molecular complexity index is 892. The Morgan fingerprint density at radius 3 is 2.93 bits per heavy atom. The molecule has 154 valence electrons. The molecule has 2 aromatic rings. The number of carbonyl (C=O) groups is 1. The molecule has 0 atom stereocenters. The SMILES string of the molecule is CC(C)CSc1nsc(NC(=O)C(C#N)=Cc2ccc(SC3CCCCC3)o2)n1. The third-order valence-electron chi connectivity index (χ3n) is 4.26. The lowest BCUT2D eigenvalue weighted by Crippen LogP contribution is -2.13. The van der Waals surface area contributed by atoms with Crippen LogP contribution < -0.4 is 5.32 Å². The second kappa shape index (κ2) is 10.9. The first-order chi connectivity index (χ1) is 14.0. The number of aromatic nitrogens is 2. The number of furan rings is 1. The van der Waals surface area contributed by atoms with Crippen LogP contribution in [-0.2, 0) is 4.79 Å². The summed E-state index contributed by atoms with van der Waals surface area (Å²) in [6.07, 6.45) is 7.75. The zero-order valence-corrected chi connectivity index (χ0v) is 19.0. The van der Waals surface area contributed by atoms with E-state index in [0.717, 1.165) is 22.4 Å². The summed E-state index contributed by atoms with van der Waals surface area (Å²) in [6.45, 7) is 4.25. The van der Waals surface area contributed by atoms with Crippen molar-refractivity contribution < 1.29 is 9.21 Å². The van der Waals surface area contributed by atoms with Gasteiger partial charge in [-0.1, -0.05) is 56.6 Å². The molecule has 29 heavy (non-hydrogen) atoms. The van der Waals surface area contributed by atoms with Crippen LogP contribution in [0.2, 0.25) is 0 Å². The molecule has 3 rings (SSSR count). The van der Waals surface area contributed by atoms with Gasteiger partial charge in [0.1, 0.15) is 17.4 Å². The highest BCUT2D eigenvalue weighted by atomic mass is 32.2. The quantitative estimate of drug-likeness (QED) is 0.308. The molecule has 0 aliphatic heterocycles. The fourth-order valence-corrected chi connectivity index (χ4v) is 5.52. The molecular weight excluding hydrogens is 424 g/mol. The number of hydrogen-bond donors (Lipinski definition) is 1. The molecule has 0 spiro atoms. The molecule has 1 aliphatic carbocycles. The number of rotatable bonds is 8. The number of thioether (sulfide) groups is 2. The second-order valence-electron chi connectivity index (χ2n) is 7.25. The predicted molar refractivity (Wildman–Crippen MR) is 119 cm³/mol. The van der Waals surface area contributed by atoms with Crippen LogP contribution in [0.3, 0.4) is 0 Å². The Kier molecular flexibility index (Phi) is 8.21. The molecule has 9 heteroatoms. The lowest BCUT2D eigenvalue weighted by molar-refractivity contribution is -0.112. The molecule has 6 nitrogen and oxygen atoms in total. The summed E-state index contributed by atoms with van der Waals surface area (Å²) >= 11 is 4.40. The molecule has 0 radical (unpaired) electrons. The molecule has 1 fully saturated rings. The Labute approximate surface area is 183 Å². The Morgan fingerprint density at radius 2 is 2.21 bits per heavy atom. The van der Waals surface area contributed by atoms with Gasteiger partial charge in [0.05, 0.1) is 0 Å². The Morgan fingerprint density at radius 1 is 1.41 bits per heavy atom. The molecule has 1 aliphatic rings. The molecule has 0 bridgehead atoms. The van der Waals surface area contributed by atoms with Crippen molar-refractivity contribution in [2.24, 2.45) is 5.92 Å². The van der Waals surface area contributed by atoms with E-state index in [1.54, 1.807) is 29.6 Å². The van der Waals surface area contributed by atoms with Crippen molar-refractivity contribution in [3.8, 4) is 6.07 Å². The first kappa shape index (κ1) is 21.9. The van der Waals surface area contributed by atoms with Crippen molar-refractivity contribution in [3.05, 3.63) is 23.5 Å². The Balaban J connectivity index is 1.59. The van der Waals surface area contributed by atoms with Crippen molar-refractivity contribution in [2.45, 2.75) is 61.5 Å². The van der Waals surface area contributed by atoms with Gasteiger partial charge < -0.3 is 4.42 Å². The summed E-state index contributed by atoms with van der Waals surface area (Å²) in [5.41, 5.74) is -0.0276. The van der Waals surface area contributed by atoms with Crippen molar-refractivity contribution in [1.82, 2.24) is 9.36 Å². The average molecular weight is 449 g/mol. The summed E-state index contributed by atoms with van der Waals surface area (Å²) in [6, 6.07) is 5.64. The van der Waals surface area contributed by atoms with Gasteiger partial charge in [0, 0.05) is 28.6 Å². The van der Waals surface area contributed by atoms with E-state index in [4.69, 9.17) is 4.42 Å². The number of amides is 1. The van der Waals surface area contributed by atoms with Gasteiger partial charge >= 0.3 is 0 Å². The van der Waals surface area contributed by atoms with Crippen LogP contribution in [0.5, 0.6) is 0 Å². The van der Waals surface area contributed by atoms with E-state index >= 15 is 0 Å². The average Bonchev–Trinajstić information content (AvgIpc) is 3.34. The van der Waals surface area contributed by atoms with E-state index in [0.29, 0.717) is 27.2 Å². The van der Waals surface area contributed by atoms with E-state index in [2.05, 4.69) is 28.5 Å². The van der Waals surface area contributed by atoms with Crippen molar-refractivity contribution in [2.75, 3.05) is 11.1 Å². The van der Waals surface area contributed by atoms with Crippen molar-refractivity contribution >= 4 is 52.2 Å². The standard InChI is InChI=1S/C20H24N4O2S3/c1-13(2)12-27-20-23-19(29-24-20)22-18(25)14(11-21)10-15-8-9-17(26-15)28-16-6-4-3-5-7-16/h8-10,13,16H,3-7,12H2,1-2H3,(H,22,23,24,25). The summed E-state index contributed by atoms with van der Waals surface area (Å²) in [7, 11) is 0. The smallest absolute Gasteiger partial charge is 0.268 e. The van der Waals surface area contributed by atoms with Gasteiger partial charge in [-0.3, -0.25) is 10.1 Å². The van der Waals surface area contributed by atoms with Crippen LogP contribution in [0, 0.1) is 17.2 Å². The van der Waals surface area contributed by atoms with E-state index in [1.807, 2.05) is 12.1 Å². The maximum absolute atomic E-state index is 12.4. The number of hydrogen-bond acceptors (Lipinski definition) is 8. The molecule has 1 saturated carbocycles. The summed E-state index contributed by atoms with van der Waals surface area (Å²) < 4.78 is 10.0. The van der Waals surface area contributed by atoms with Crippen molar-refractivity contribution in [1.29, 1.82) is 5.26 Å². The zero-order chi connectivity index (χ0) is 20.6. The first-order valence-electron chi connectivity index (χ1n) is 9.69. The van der Waals surface area contributed by atoms with E-state index in [1.165, 1.54) is 38.2 Å². The number of nitrogens with zero attached hydrogens (tertiary/aromatic N) is 3. The van der Waals surface area contributed by atoms with Crippen LogP contribution in [0.25, 0.3) is 6.08 Å². The fraction of sp³-hybridized carbons (Fsp3) is 0.500. The fourth-order valence-electron chi connectivity index (χ4n) is 2.84. The molecule has 0 aromatic carbocycles. The topological polar surface area (TPSA) is 91.8 Å². The highest BCUT2D eigenvalue weighted by Gasteiger charge is 2.17. The minimum absolute atomic E-state index is 0.0276. The summed E-state index contributed by atoms with van der Waals surface area (Å²) in [5.74, 6) is 1.43. The van der Waals surface area contributed by atoms with Crippen LogP contribution in [-0.4, -0.2) is 26.3 Å². The van der Waals surface area contributed by atoms with Gasteiger partial charge in [-0.2, -0.15) is 14.6 Å². The molecule has 2 aromatic heterocycles. The number of nitrogens with one attached hydrogen (secondary N) is 1. The summed E-state index contributed by atoms with van der Waals surface area (Å²) in [5, 5.41) is 14.5. The van der Waals surface area contributed by atoms with Gasteiger partial charge in [-0.05, 0) is 30.9 Å². The normalized spacial score (nSPS) is 15.4. The van der Waals surface area contributed by atoms with Crippen LogP contribution in [0.1, 0.15) is 51.7 Å². The van der Waals surface area contributed by atoms with Gasteiger partial charge in [0.25, 0.3) is 5.91 Å². The number of anilines is 1. The third kappa shape index (κ3) is 6.91. The van der Waals surface area contributed by atoms with Crippen LogP contribution in [0.4, 0.5) is 5.13 Å². The molecule has 1 N–H and O–H groups in total. The van der Waals surface area contributed by atoms with Crippen LogP contribution >= 0.6 is 35.1 Å². The monoisotopic (exact) mass is 448 g/mol. The molecule has 0 saturated heterocycles. The van der Waals surface area contributed by atoms with E-state index in [9.17, 15) is 10.1 Å². The highest BCUT2D eigenvalue weighted by molar-refractivity contribution is 7.99. The lowest BCUT2D eigenvalue weighted by Gasteiger charge is -2.19. The molecule has 0 unspecified atom stereocenters. The maximum atomic E-state index is 12.4. The predicted octanol–water partition coefficient (Wildman–Crippen LogP) is 5.85. The van der Waals surface area contributed by atoms with Crippen molar-refractivity contribution in [3.63, 3.8) is 0 Å². The minimum Gasteiger partial charge on any atom is -0.450 e. The molecule has 1 amide bonds. The molecule has 2 heterocycles. The Hall–Kier alpha value is -1.76. The van der Waals surface area contributed by atoms with Gasteiger partial charge in [0.15, 0.2) is 5.09 Å². The van der Waals surface area contributed by atoms with Gasteiger partial charge in [-0.25, -0.2) is 0 Å². The minimum atomic E-state index is -0.512. The highest BCUT2D eigenvalue weighted by Crippen LogP contribution is 2.34. The zero-order valence-electron chi connectivity index (χ0n) is 16.5. The maximum Gasteiger partial charge on any atom is 0.268 e. The largest absolute Gasteiger partial charge is 0.450 e. The van der Waals surface area contributed by atoms with E-state index in [-0.39, 0.29) is 5.57 Å².